The number of rotatable bonds is 15. The van der Waals surface area contributed by atoms with Gasteiger partial charge in [-0.1, -0.05) is 91.6 Å². The standard InChI is InChI=1S/C23H44O2Si/c1-8-11-12-13-14-15-16-19-24-26(9-2,10-3)25-23(20-22(6)7)18-17-21(4)5/h22-23H,4,8-16,19-20H2,1-3,5-7H3. The van der Waals surface area contributed by atoms with E-state index in [1.54, 1.807) is 0 Å². The van der Waals surface area contributed by atoms with Crippen molar-refractivity contribution in [2.45, 2.75) is 111 Å². The molecule has 0 aromatic rings. The summed E-state index contributed by atoms with van der Waals surface area (Å²) in [6.45, 7) is 17.8. The van der Waals surface area contributed by atoms with E-state index in [-0.39, 0.29) is 6.10 Å². The molecule has 1 atom stereocenters. The van der Waals surface area contributed by atoms with Crippen LogP contribution in [0.4, 0.5) is 0 Å². The summed E-state index contributed by atoms with van der Waals surface area (Å²) in [5, 5.41) is 0. The smallest absolute Gasteiger partial charge is 0.338 e. The number of unbranched alkanes of at least 4 members (excludes halogenated alkanes) is 6. The Kier molecular flexibility index (Phi) is 15.2. The van der Waals surface area contributed by atoms with Crippen molar-refractivity contribution in [3.63, 3.8) is 0 Å². The van der Waals surface area contributed by atoms with Gasteiger partial charge in [0.25, 0.3) is 0 Å². The van der Waals surface area contributed by atoms with Crippen molar-refractivity contribution in [1.82, 2.24) is 0 Å². The topological polar surface area (TPSA) is 18.5 Å². The summed E-state index contributed by atoms with van der Waals surface area (Å²) in [6, 6.07) is 1.98. The van der Waals surface area contributed by atoms with Gasteiger partial charge in [0, 0.05) is 6.61 Å². The lowest BCUT2D eigenvalue weighted by molar-refractivity contribution is 0.128. The average Bonchev–Trinajstić information content (AvgIpc) is 2.60. The monoisotopic (exact) mass is 380 g/mol. The minimum atomic E-state index is -2.16. The van der Waals surface area contributed by atoms with Crippen LogP contribution in [0.5, 0.6) is 0 Å². The Morgan fingerprint density at radius 3 is 2.04 bits per heavy atom. The van der Waals surface area contributed by atoms with E-state index in [1.165, 1.54) is 38.5 Å². The minimum Gasteiger partial charge on any atom is -0.394 e. The first-order valence-corrected chi connectivity index (χ1v) is 13.1. The summed E-state index contributed by atoms with van der Waals surface area (Å²) in [6.07, 6.45) is 10.1. The lowest BCUT2D eigenvalue weighted by Crippen LogP contribution is -2.44. The van der Waals surface area contributed by atoms with Crippen molar-refractivity contribution in [1.29, 1.82) is 0 Å². The van der Waals surface area contributed by atoms with Gasteiger partial charge < -0.3 is 8.85 Å². The Labute approximate surface area is 165 Å². The minimum absolute atomic E-state index is 0.0349. The van der Waals surface area contributed by atoms with Crippen molar-refractivity contribution in [2.24, 2.45) is 5.92 Å². The van der Waals surface area contributed by atoms with Gasteiger partial charge in [0.2, 0.25) is 0 Å². The largest absolute Gasteiger partial charge is 0.394 e. The molecule has 0 saturated heterocycles. The van der Waals surface area contributed by atoms with Gasteiger partial charge >= 0.3 is 8.56 Å². The maximum absolute atomic E-state index is 6.56. The molecular weight excluding hydrogens is 336 g/mol. The van der Waals surface area contributed by atoms with Crippen LogP contribution in [-0.4, -0.2) is 21.3 Å². The van der Waals surface area contributed by atoms with E-state index in [9.17, 15) is 0 Å². The molecule has 0 aliphatic rings. The molecule has 0 aromatic heterocycles. The summed E-state index contributed by atoms with van der Waals surface area (Å²) in [7, 11) is -2.16. The molecule has 26 heavy (non-hydrogen) atoms. The van der Waals surface area contributed by atoms with Gasteiger partial charge in [-0.15, -0.1) is 0 Å². The summed E-state index contributed by atoms with van der Waals surface area (Å²) < 4.78 is 13.0. The third kappa shape index (κ3) is 12.7. The fourth-order valence-corrected chi connectivity index (χ4v) is 5.50. The van der Waals surface area contributed by atoms with Crippen molar-refractivity contribution in [2.75, 3.05) is 6.61 Å². The zero-order valence-corrected chi connectivity index (χ0v) is 19.5. The quantitative estimate of drug-likeness (QED) is 0.169. The second kappa shape index (κ2) is 15.5. The van der Waals surface area contributed by atoms with Gasteiger partial charge in [-0.3, -0.25) is 0 Å². The number of hydrogen-bond donors (Lipinski definition) is 0. The molecule has 0 fully saturated rings. The molecule has 0 aliphatic heterocycles. The zero-order valence-electron chi connectivity index (χ0n) is 18.5. The molecular formula is C23H44O2Si. The molecule has 152 valence electrons. The highest BCUT2D eigenvalue weighted by Crippen LogP contribution is 2.24. The van der Waals surface area contributed by atoms with E-state index in [2.05, 4.69) is 53.0 Å². The molecule has 0 saturated carbocycles. The van der Waals surface area contributed by atoms with Crippen molar-refractivity contribution in [3.8, 4) is 11.8 Å². The van der Waals surface area contributed by atoms with Crippen LogP contribution in [0.2, 0.25) is 12.1 Å². The van der Waals surface area contributed by atoms with E-state index < -0.39 is 8.56 Å². The molecule has 1 unspecified atom stereocenters. The van der Waals surface area contributed by atoms with E-state index in [0.29, 0.717) is 5.92 Å². The molecule has 0 bridgehead atoms. The summed E-state index contributed by atoms with van der Waals surface area (Å²) in [4.78, 5) is 0. The van der Waals surface area contributed by atoms with E-state index in [0.717, 1.165) is 37.1 Å². The molecule has 0 amide bonds. The van der Waals surface area contributed by atoms with Crippen LogP contribution >= 0.6 is 0 Å². The van der Waals surface area contributed by atoms with Gasteiger partial charge in [0.05, 0.1) is 0 Å². The normalized spacial score (nSPS) is 12.7. The third-order valence-electron chi connectivity index (χ3n) is 4.68. The molecule has 0 heterocycles. The van der Waals surface area contributed by atoms with Crippen LogP contribution in [0.3, 0.4) is 0 Å². The molecule has 3 heteroatoms. The fourth-order valence-electron chi connectivity index (χ4n) is 3.00. The predicted molar refractivity (Wildman–Crippen MR) is 118 cm³/mol. The highest BCUT2D eigenvalue weighted by atomic mass is 28.4. The van der Waals surface area contributed by atoms with E-state index in [1.807, 2.05) is 6.92 Å². The number of hydrogen-bond acceptors (Lipinski definition) is 2. The Balaban J connectivity index is 4.54. The van der Waals surface area contributed by atoms with Gasteiger partial charge in [-0.25, -0.2) is 0 Å². The SMILES string of the molecule is C=C(C)C#CC(CC(C)C)O[Si](CC)(CC)OCCCCCCCCC. The Bertz CT molecular complexity index is 416. The Hall–Kier alpha value is -0.563. The van der Waals surface area contributed by atoms with E-state index >= 15 is 0 Å². The molecule has 0 aliphatic carbocycles. The highest BCUT2D eigenvalue weighted by Gasteiger charge is 2.36. The second-order valence-electron chi connectivity index (χ2n) is 7.87. The predicted octanol–water partition coefficient (Wildman–Crippen LogP) is 7.25. The molecule has 0 N–H and O–H groups in total. The van der Waals surface area contributed by atoms with Gasteiger partial charge in [-0.05, 0) is 43.3 Å². The molecule has 0 rings (SSSR count). The molecule has 0 spiro atoms. The third-order valence-corrected chi connectivity index (χ3v) is 8.28. The zero-order chi connectivity index (χ0) is 19.8. The van der Waals surface area contributed by atoms with Gasteiger partial charge in [-0.2, -0.15) is 0 Å². The van der Waals surface area contributed by atoms with Gasteiger partial charge in [0.1, 0.15) is 6.10 Å². The van der Waals surface area contributed by atoms with Crippen LogP contribution in [0.25, 0.3) is 0 Å². The molecule has 2 nitrogen and oxygen atoms in total. The number of allylic oxidation sites excluding steroid dienone is 1. The summed E-state index contributed by atoms with van der Waals surface area (Å²) in [5.74, 6) is 6.97. The summed E-state index contributed by atoms with van der Waals surface area (Å²) >= 11 is 0. The lowest BCUT2D eigenvalue weighted by Gasteiger charge is -2.32. The van der Waals surface area contributed by atoms with Crippen LogP contribution in [0.15, 0.2) is 12.2 Å². The van der Waals surface area contributed by atoms with Crippen molar-refractivity contribution in [3.05, 3.63) is 12.2 Å². The fraction of sp³-hybridized carbons (Fsp3) is 0.826. The van der Waals surface area contributed by atoms with Crippen LogP contribution in [0.1, 0.15) is 92.9 Å². The van der Waals surface area contributed by atoms with Crippen molar-refractivity contribution >= 4 is 8.56 Å². The van der Waals surface area contributed by atoms with Crippen LogP contribution in [-0.2, 0) is 8.85 Å². The first kappa shape index (κ1) is 25.4. The maximum atomic E-state index is 6.56. The summed E-state index contributed by atoms with van der Waals surface area (Å²) in [5.41, 5.74) is 0.895. The van der Waals surface area contributed by atoms with E-state index in [4.69, 9.17) is 8.85 Å². The molecule has 0 aromatic carbocycles. The lowest BCUT2D eigenvalue weighted by atomic mass is 10.1. The second-order valence-corrected chi connectivity index (χ2v) is 11.6. The van der Waals surface area contributed by atoms with Crippen LogP contribution in [0, 0.1) is 17.8 Å². The first-order valence-electron chi connectivity index (χ1n) is 10.9. The van der Waals surface area contributed by atoms with Crippen LogP contribution < -0.4 is 0 Å². The van der Waals surface area contributed by atoms with Crippen molar-refractivity contribution < 1.29 is 8.85 Å². The Morgan fingerprint density at radius 1 is 0.962 bits per heavy atom. The molecule has 0 radical (unpaired) electrons. The maximum Gasteiger partial charge on any atom is 0.338 e. The highest BCUT2D eigenvalue weighted by molar-refractivity contribution is 6.67. The first-order chi connectivity index (χ1) is 12.4. The van der Waals surface area contributed by atoms with Gasteiger partial charge in [0.15, 0.2) is 0 Å². The Morgan fingerprint density at radius 2 is 1.54 bits per heavy atom. The average molecular weight is 381 g/mol.